The van der Waals surface area contributed by atoms with Crippen molar-refractivity contribution in [2.45, 2.75) is 17.6 Å². The van der Waals surface area contributed by atoms with E-state index in [9.17, 15) is 14.3 Å². The van der Waals surface area contributed by atoms with Gasteiger partial charge >= 0.3 is 0 Å². The van der Waals surface area contributed by atoms with E-state index < -0.39 is 5.82 Å². The first-order valence-corrected chi connectivity index (χ1v) is 7.66. The van der Waals surface area contributed by atoms with Crippen molar-refractivity contribution in [2.24, 2.45) is 0 Å². The molecule has 0 radical (unpaired) electrons. The van der Waals surface area contributed by atoms with Crippen molar-refractivity contribution in [1.82, 2.24) is 0 Å². The topological polar surface area (TPSA) is 37.3 Å². The van der Waals surface area contributed by atoms with Gasteiger partial charge in [0, 0.05) is 20.7 Å². The molecule has 20 heavy (non-hydrogen) atoms. The highest BCUT2D eigenvalue weighted by atomic mass is 79.9. The number of halogens is 2. The molecule has 104 valence electrons. The molecular weight excluding hydrogens is 343 g/mol. The number of hydrogen-bond donors (Lipinski definition) is 1. The van der Waals surface area contributed by atoms with Gasteiger partial charge in [-0.2, -0.15) is 0 Å². The van der Waals surface area contributed by atoms with Gasteiger partial charge < -0.3 is 5.11 Å². The lowest BCUT2D eigenvalue weighted by atomic mass is 10.1. The fraction of sp³-hybridized carbons (Fsp3) is 0.133. The van der Waals surface area contributed by atoms with Gasteiger partial charge in [-0.05, 0) is 43.3 Å². The fourth-order valence-electron chi connectivity index (χ4n) is 1.73. The van der Waals surface area contributed by atoms with Crippen molar-refractivity contribution >= 4 is 33.5 Å². The third-order valence-electron chi connectivity index (χ3n) is 2.74. The Kier molecular flexibility index (Phi) is 4.83. The van der Waals surface area contributed by atoms with Crippen LogP contribution in [0.25, 0.3) is 0 Å². The average molecular weight is 355 g/mol. The van der Waals surface area contributed by atoms with Gasteiger partial charge in [-0.1, -0.05) is 15.9 Å². The van der Waals surface area contributed by atoms with Crippen molar-refractivity contribution in [3.63, 3.8) is 0 Å². The van der Waals surface area contributed by atoms with E-state index in [-0.39, 0.29) is 17.1 Å². The summed E-state index contributed by atoms with van der Waals surface area (Å²) in [5, 5.41) is 10.00. The monoisotopic (exact) mass is 354 g/mol. The molecule has 0 aliphatic heterocycles. The van der Waals surface area contributed by atoms with Gasteiger partial charge in [0.1, 0.15) is 11.6 Å². The van der Waals surface area contributed by atoms with Crippen molar-refractivity contribution in [3.8, 4) is 5.75 Å². The zero-order valence-electron chi connectivity index (χ0n) is 10.7. The summed E-state index contributed by atoms with van der Waals surface area (Å²) in [6.07, 6.45) is 0. The van der Waals surface area contributed by atoms with Gasteiger partial charge in [0.25, 0.3) is 0 Å². The van der Waals surface area contributed by atoms with Crippen molar-refractivity contribution in [1.29, 1.82) is 0 Å². The molecule has 0 atom stereocenters. The number of thioether (sulfide) groups is 1. The summed E-state index contributed by atoms with van der Waals surface area (Å²) < 4.78 is 14.4. The standard InChI is InChI=1S/C15H12BrFO2S/c1-9(18)14-7-12(17)6-10(15(14)19)8-20-13-4-2-11(16)3-5-13/h2-7,19H,8H2,1H3. The van der Waals surface area contributed by atoms with Crippen LogP contribution in [-0.2, 0) is 5.75 Å². The van der Waals surface area contributed by atoms with Crippen molar-refractivity contribution in [2.75, 3.05) is 0 Å². The van der Waals surface area contributed by atoms with Gasteiger partial charge in [0.2, 0.25) is 0 Å². The molecule has 0 aromatic heterocycles. The molecule has 2 nitrogen and oxygen atoms in total. The molecule has 0 saturated carbocycles. The summed E-state index contributed by atoms with van der Waals surface area (Å²) >= 11 is 4.82. The lowest BCUT2D eigenvalue weighted by Gasteiger charge is -2.08. The first kappa shape index (κ1) is 15.1. The highest BCUT2D eigenvalue weighted by Crippen LogP contribution is 2.31. The Labute approximate surface area is 129 Å². The number of benzene rings is 2. The molecule has 2 aromatic carbocycles. The molecule has 0 spiro atoms. The van der Waals surface area contributed by atoms with Gasteiger partial charge in [-0.15, -0.1) is 11.8 Å². The normalized spacial score (nSPS) is 10.6. The number of aromatic hydroxyl groups is 1. The largest absolute Gasteiger partial charge is 0.507 e. The number of Topliss-reactive ketones (excluding diaryl/α,β-unsaturated/α-hetero) is 1. The fourth-order valence-corrected chi connectivity index (χ4v) is 2.86. The van der Waals surface area contributed by atoms with Crippen LogP contribution in [0.5, 0.6) is 5.75 Å². The summed E-state index contributed by atoms with van der Waals surface area (Å²) in [6, 6.07) is 10.00. The van der Waals surface area contributed by atoms with Crippen LogP contribution in [0, 0.1) is 5.82 Å². The minimum Gasteiger partial charge on any atom is -0.507 e. The second-order valence-corrected chi connectivity index (χ2v) is 6.22. The summed E-state index contributed by atoms with van der Waals surface area (Å²) in [7, 11) is 0. The summed E-state index contributed by atoms with van der Waals surface area (Å²) in [5.74, 6) is -0.606. The second-order valence-electron chi connectivity index (χ2n) is 4.26. The number of carbonyl (C=O) groups excluding carboxylic acids is 1. The Morgan fingerprint density at radius 3 is 2.55 bits per heavy atom. The van der Waals surface area contributed by atoms with E-state index in [1.165, 1.54) is 24.8 Å². The maximum Gasteiger partial charge on any atom is 0.163 e. The Morgan fingerprint density at radius 2 is 1.95 bits per heavy atom. The molecule has 0 fully saturated rings. The molecule has 0 aliphatic rings. The molecule has 5 heteroatoms. The van der Waals surface area contributed by atoms with Gasteiger partial charge in [-0.25, -0.2) is 4.39 Å². The zero-order valence-corrected chi connectivity index (χ0v) is 13.1. The molecule has 0 amide bonds. The smallest absolute Gasteiger partial charge is 0.163 e. The lowest BCUT2D eigenvalue weighted by molar-refractivity contribution is 0.101. The zero-order chi connectivity index (χ0) is 14.7. The highest BCUT2D eigenvalue weighted by Gasteiger charge is 2.13. The molecule has 2 rings (SSSR count). The third kappa shape index (κ3) is 3.61. The van der Waals surface area contributed by atoms with Gasteiger partial charge in [0.05, 0.1) is 5.56 Å². The quantitative estimate of drug-likeness (QED) is 0.633. The summed E-state index contributed by atoms with van der Waals surface area (Å²) in [6.45, 7) is 1.31. The van der Waals surface area contributed by atoms with Crippen LogP contribution in [0.3, 0.4) is 0 Å². The predicted molar refractivity (Wildman–Crippen MR) is 81.8 cm³/mol. The highest BCUT2D eigenvalue weighted by molar-refractivity contribution is 9.10. The van der Waals surface area contributed by atoms with Crippen LogP contribution >= 0.6 is 27.7 Å². The van der Waals surface area contributed by atoms with E-state index in [4.69, 9.17) is 0 Å². The minimum absolute atomic E-state index is 0.0245. The SMILES string of the molecule is CC(=O)c1cc(F)cc(CSc2ccc(Br)cc2)c1O. The number of carbonyl (C=O) groups is 1. The number of phenols is 1. The summed E-state index contributed by atoms with van der Waals surface area (Å²) in [4.78, 5) is 12.3. The number of phenolic OH excluding ortho intramolecular Hbond substituents is 1. The first-order valence-electron chi connectivity index (χ1n) is 5.88. The maximum absolute atomic E-state index is 13.5. The van der Waals surface area contributed by atoms with Crippen molar-refractivity contribution in [3.05, 3.63) is 57.8 Å². The second kappa shape index (κ2) is 6.41. The number of hydrogen-bond acceptors (Lipinski definition) is 3. The van der Waals surface area contributed by atoms with E-state index >= 15 is 0 Å². The minimum atomic E-state index is -0.514. The average Bonchev–Trinajstić information content (AvgIpc) is 2.41. The lowest BCUT2D eigenvalue weighted by Crippen LogP contribution is -1.97. The van der Waals surface area contributed by atoms with E-state index in [1.807, 2.05) is 24.3 Å². The van der Waals surface area contributed by atoms with E-state index in [2.05, 4.69) is 15.9 Å². The van der Waals surface area contributed by atoms with Gasteiger partial charge in [0.15, 0.2) is 5.78 Å². The van der Waals surface area contributed by atoms with E-state index in [1.54, 1.807) is 0 Å². The van der Waals surface area contributed by atoms with E-state index in [0.29, 0.717) is 11.3 Å². The maximum atomic E-state index is 13.5. The molecule has 2 aromatic rings. The van der Waals surface area contributed by atoms with Crippen LogP contribution in [0.2, 0.25) is 0 Å². The summed E-state index contributed by atoms with van der Waals surface area (Å²) in [5.41, 5.74) is 0.444. The van der Waals surface area contributed by atoms with Crippen LogP contribution < -0.4 is 0 Å². The van der Waals surface area contributed by atoms with E-state index in [0.717, 1.165) is 15.4 Å². The Hall–Kier alpha value is -1.33. The number of rotatable bonds is 4. The van der Waals surface area contributed by atoms with Crippen molar-refractivity contribution < 1.29 is 14.3 Å². The number of ketones is 1. The third-order valence-corrected chi connectivity index (χ3v) is 4.33. The van der Waals surface area contributed by atoms with Crippen LogP contribution in [0.15, 0.2) is 45.8 Å². The molecule has 0 unspecified atom stereocenters. The Morgan fingerprint density at radius 1 is 1.30 bits per heavy atom. The van der Waals surface area contributed by atoms with Crippen LogP contribution in [-0.4, -0.2) is 10.9 Å². The molecular formula is C15H12BrFO2S. The molecule has 0 saturated heterocycles. The molecule has 0 heterocycles. The molecule has 0 bridgehead atoms. The van der Waals surface area contributed by atoms with Crippen LogP contribution in [0.1, 0.15) is 22.8 Å². The Bertz CT molecular complexity index is 641. The van der Waals surface area contributed by atoms with Crippen LogP contribution in [0.4, 0.5) is 4.39 Å². The van der Waals surface area contributed by atoms with Gasteiger partial charge in [-0.3, -0.25) is 4.79 Å². The predicted octanol–water partition coefficient (Wildman–Crippen LogP) is 4.79. The molecule has 1 N–H and O–H groups in total. The Balaban J connectivity index is 2.21. The molecule has 0 aliphatic carbocycles. The first-order chi connectivity index (χ1) is 9.47.